The Bertz CT molecular complexity index is 1180. The highest BCUT2D eigenvalue weighted by Gasteiger charge is 2.24. The number of fused-ring (bicyclic) bond motifs is 1. The maximum atomic E-state index is 14.8. The number of halogens is 3. The number of likely N-dealkylation sites (N-methyl/N-ethyl adjacent to an activating group) is 1. The van der Waals surface area contributed by atoms with Gasteiger partial charge in [-0.25, -0.2) is 28.1 Å². The third kappa shape index (κ3) is 5.56. The molecule has 1 fully saturated rings. The molecular formula is C26H33F3N6. The van der Waals surface area contributed by atoms with Gasteiger partial charge in [-0.2, -0.15) is 0 Å². The summed E-state index contributed by atoms with van der Waals surface area (Å²) in [7, 11) is 1.97. The second-order valence-corrected chi connectivity index (χ2v) is 9.29. The Morgan fingerprint density at radius 1 is 1.09 bits per heavy atom. The average molecular weight is 487 g/mol. The number of nitrogens with one attached hydrogen (secondary N) is 2. The summed E-state index contributed by atoms with van der Waals surface area (Å²) in [5.74, 6) is 0.565. The number of alkyl halides is 2. The van der Waals surface area contributed by atoms with Crippen LogP contribution in [0.2, 0.25) is 0 Å². The molecule has 188 valence electrons. The average Bonchev–Trinajstić information content (AvgIpc) is 2.82. The van der Waals surface area contributed by atoms with Crippen molar-refractivity contribution < 1.29 is 13.2 Å². The van der Waals surface area contributed by atoms with E-state index >= 15 is 0 Å². The summed E-state index contributed by atoms with van der Waals surface area (Å²) in [5, 5.41) is 7.20. The molecule has 0 bridgehead atoms. The van der Waals surface area contributed by atoms with E-state index in [2.05, 4.69) is 31.6 Å². The predicted molar refractivity (Wildman–Crippen MR) is 133 cm³/mol. The monoisotopic (exact) mass is 486 g/mol. The van der Waals surface area contributed by atoms with Crippen LogP contribution in [-0.2, 0) is 0 Å². The van der Waals surface area contributed by atoms with Gasteiger partial charge in [0.05, 0.1) is 17.0 Å². The first-order valence-electron chi connectivity index (χ1n) is 12.1. The zero-order valence-electron chi connectivity index (χ0n) is 20.7. The number of piperidine rings is 1. The van der Waals surface area contributed by atoms with Gasteiger partial charge in [-0.05, 0) is 71.3 Å². The number of hydrogen-bond acceptors (Lipinski definition) is 6. The van der Waals surface area contributed by atoms with Crippen LogP contribution in [0.15, 0.2) is 24.3 Å². The minimum atomic E-state index is -2.87. The van der Waals surface area contributed by atoms with Crippen LogP contribution in [0.3, 0.4) is 0 Å². The van der Waals surface area contributed by atoms with Crippen LogP contribution in [0.1, 0.15) is 66.4 Å². The Balaban J connectivity index is 1.63. The molecule has 0 spiro atoms. The fourth-order valence-corrected chi connectivity index (χ4v) is 4.88. The van der Waals surface area contributed by atoms with Crippen molar-refractivity contribution in [3.05, 3.63) is 58.3 Å². The molecule has 4 rings (SSSR count). The Morgan fingerprint density at radius 3 is 2.49 bits per heavy atom. The largest absolute Gasteiger partial charge is 0.363 e. The second-order valence-electron chi connectivity index (χ2n) is 9.29. The van der Waals surface area contributed by atoms with Crippen LogP contribution in [0.25, 0.3) is 11.0 Å². The minimum Gasteiger partial charge on any atom is -0.363 e. The summed E-state index contributed by atoms with van der Waals surface area (Å²) in [4.78, 5) is 16.3. The highest BCUT2D eigenvalue weighted by molar-refractivity contribution is 5.87. The quantitative estimate of drug-likeness (QED) is 0.451. The van der Waals surface area contributed by atoms with Crippen LogP contribution in [-0.4, -0.2) is 53.1 Å². The lowest BCUT2D eigenvalue weighted by molar-refractivity contribution is 0.146. The summed E-state index contributed by atoms with van der Waals surface area (Å²) < 4.78 is 41.2. The van der Waals surface area contributed by atoms with E-state index in [1.54, 1.807) is 13.8 Å². The maximum absolute atomic E-state index is 14.8. The van der Waals surface area contributed by atoms with Gasteiger partial charge in [-0.3, -0.25) is 0 Å². The molecule has 1 aromatic carbocycles. The van der Waals surface area contributed by atoms with Gasteiger partial charge in [0.1, 0.15) is 17.5 Å². The third-order valence-corrected chi connectivity index (χ3v) is 6.85. The zero-order valence-corrected chi connectivity index (χ0v) is 20.7. The molecule has 3 aromatic rings. The lowest BCUT2D eigenvalue weighted by atomic mass is 9.88. The van der Waals surface area contributed by atoms with Crippen molar-refractivity contribution in [2.75, 3.05) is 38.5 Å². The first-order valence-corrected chi connectivity index (χ1v) is 12.1. The summed E-state index contributed by atoms with van der Waals surface area (Å²) in [6.07, 6.45) is -0.770. The van der Waals surface area contributed by atoms with E-state index in [0.29, 0.717) is 23.2 Å². The van der Waals surface area contributed by atoms with E-state index in [4.69, 9.17) is 4.98 Å². The van der Waals surface area contributed by atoms with Crippen molar-refractivity contribution in [3.8, 4) is 0 Å². The summed E-state index contributed by atoms with van der Waals surface area (Å²) in [5.41, 5.74) is 2.28. The number of aromatic nitrogens is 3. The molecule has 1 atom stereocenters. The fourth-order valence-electron chi connectivity index (χ4n) is 4.88. The van der Waals surface area contributed by atoms with Crippen molar-refractivity contribution in [1.82, 2.24) is 25.2 Å². The number of likely N-dealkylation sites (tertiary alicyclic amines) is 1. The Morgan fingerprint density at radius 2 is 1.80 bits per heavy atom. The van der Waals surface area contributed by atoms with E-state index in [-0.39, 0.29) is 5.56 Å². The molecule has 0 unspecified atom stereocenters. The number of rotatable bonds is 8. The van der Waals surface area contributed by atoms with Crippen molar-refractivity contribution in [1.29, 1.82) is 0 Å². The van der Waals surface area contributed by atoms with Gasteiger partial charge in [0.2, 0.25) is 0 Å². The molecule has 1 aliphatic heterocycles. The van der Waals surface area contributed by atoms with Gasteiger partial charge in [0.25, 0.3) is 6.43 Å². The smallest absolute Gasteiger partial charge is 0.266 e. The molecule has 3 heterocycles. The van der Waals surface area contributed by atoms with E-state index in [1.165, 1.54) is 17.7 Å². The molecule has 1 aliphatic rings. The fraction of sp³-hybridized carbons (Fsp3) is 0.500. The zero-order chi connectivity index (χ0) is 25.1. The lowest BCUT2D eigenvalue weighted by Gasteiger charge is -2.32. The second kappa shape index (κ2) is 10.9. The molecule has 2 N–H and O–H groups in total. The highest BCUT2D eigenvalue weighted by atomic mass is 19.3. The number of hydrogen-bond donors (Lipinski definition) is 2. The normalized spacial score (nSPS) is 16.2. The highest BCUT2D eigenvalue weighted by Crippen LogP contribution is 2.34. The van der Waals surface area contributed by atoms with Crippen molar-refractivity contribution in [2.24, 2.45) is 0 Å². The maximum Gasteiger partial charge on any atom is 0.266 e. The molecule has 9 heteroatoms. The van der Waals surface area contributed by atoms with Crippen molar-refractivity contribution in [2.45, 2.75) is 52.0 Å². The minimum absolute atomic E-state index is 0.168. The van der Waals surface area contributed by atoms with Gasteiger partial charge < -0.3 is 15.5 Å². The van der Waals surface area contributed by atoms with Crippen LogP contribution in [0.4, 0.5) is 19.0 Å². The van der Waals surface area contributed by atoms with Gasteiger partial charge in [0.15, 0.2) is 5.65 Å². The standard InChI is InChI=1S/C26H33F3N6/c1-15(19-6-5-7-20(23(19)27)24(28)29)31-25-22-14-21(16(2)32-26(22)34-17(3)33-25)18-8-11-35(12-9-18)13-10-30-4/h5-7,14-15,18,24,30H,8-13H2,1-4H3,(H,31,32,33,34)/t15-/m1/s1. The van der Waals surface area contributed by atoms with Crippen LogP contribution in [0, 0.1) is 19.7 Å². The van der Waals surface area contributed by atoms with E-state index < -0.39 is 23.8 Å². The van der Waals surface area contributed by atoms with Crippen molar-refractivity contribution >= 4 is 16.9 Å². The number of pyridine rings is 1. The van der Waals surface area contributed by atoms with Crippen LogP contribution in [0.5, 0.6) is 0 Å². The molecule has 6 nitrogen and oxygen atoms in total. The van der Waals surface area contributed by atoms with Gasteiger partial charge in [-0.15, -0.1) is 0 Å². The number of benzene rings is 1. The summed E-state index contributed by atoms with van der Waals surface area (Å²) in [6, 6.07) is 5.61. The summed E-state index contributed by atoms with van der Waals surface area (Å²) >= 11 is 0. The number of nitrogens with zero attached hydrogens (tertiary/aromatic N) is 4. The SMILES string of the molecule is CNCCN1CCC(c2cc3c(N[C@H](C)c4cccc(C(F)F)c4F)nc(C)nc3nc2C)CC1. The molecule has 0 radical (unpaired) electrons. The van der Waals surface area contributed by atoms with Crippen LogP contribution >= 0.6 is 0 Å². The van der Waals surface area contributed by atoms with E-state index in [0.717, 1.165) is 56.2 Å². The molecule has 1 saturated heterocycles. The van der Waals surface area contributed by atoms with E-state index in [9.17, 15) is 13.2 Å². The van der Waals surface area contributed by atoms with E-state index in [1.807, 2.05) is 14.0 Å². The van der Waals surface area contributed by atoms with Gasteiger partial charge >= 0.3 is 0 Å². The lowest BCUT2D eigenvalue weighted by Crippen LogP contribution is -2.37. The van der Waals surface area contributed by atoms with Gasteiger partial charge in [0, 0.05) is 24.3 Å². The van der Waals surface area contributed by atoms with Crippen LogP contribution < -0.4 is 10.6 Å². The molecule has 35 heavy (non-hydrogen) atoms. The molecular weight excluding hydrogens is 453 g/mol. The number of aryl methyl sites for hydroxylation is 2. The Labute approximate surface area is 204 Å². The third-order valence-electron chi connectivity index (χ3n) is 6.85. The predicted octanol–water partition coefficient (Wildman–Crippen LogP) is 5.29. The summed E-state index contributed by atoms with van der Waals surface area (Å²) in [6.45, 7) is 9.62. The molecule has 0 amide bonds. The Hall–Kier alpha value is -2.78. The Kier molecular flexibility index (Phi) is 7.86. The van der Waals surface area contributed by atoms with Gasteiger partial charge in [-0.1, -0.05) is 18.2 Å². The molecule has 0 saturated carbocycles. The molecule has 0 aliphatic carbocycles. The van der Waals surface area contributed by atoms with Crippen molar-refractivity contribution in [3.63, 3.8) is 0 Å². The molecule has 2 aromatic heterocycles. The first-order chi connectivity index (χ1) is 16.8. The first kappa shape index (κ1) is 25.3. The topological polar surface area (TPSA) is 66.0 Å². The number of anilines is 1.